The van der Waals surface area contributed by atoms with E-state index >= 15 is 0 Å². The van der Waals surface area contributed by atoms with E-state index in [1.807, 2.05) is 38.1 Å². The van der Waals surface area contributed by atoms with Crippen LogP contribution in [0.5, 0.6) is 0 Å². The van der Waals surface area contributed by atoms with Crippen molar-refractivity contribution in [1.29, 1.82) is 0 Å². The van der Waals surface area contributed by atoms with Crippen LogP contribution in [-0.2, 0) is 0 Å². The number of aryl methyl sites for hydroxylation is 2. The van der Waals surface area contributed by atoms with E-state index in [0.717, 1.165) is 36.7 Å². The molecule has 0 amide bonds. The Morgan fingerprint density at radius 1 is 1.05 bits per heavy atom. The molecule has 3 aromatic rings. The molecule has 0 unspecified atom stereocenters. The molecule has 0 radical (unpaired) electrons. The lowest BCUT2D eigenvalue weighted by Crippen LogP contribution is -1.86. The number of hydrogen-bond donors (Lipinski definition) is 0. The maximum atomic E-state index is 13.5. The number of rotatable bonds is 2. The highest BCUT2D eigenvalue weighted by Gasteiger charge is 2.15. The molecule has 0 aliphatic heterocycles. The molecule has 106 valence electrons. The van der Waals surface area contributed by atoms with E-state index < -0.39 is 0 Å². The lowest BCUT2D eigenvalue weighted by Gasteiger charge is -2.03. The Bertz CT molecular complexity index is 810. The van der Waals surface area contributed by atoms with E-state index in [0.29, 0.717) is 0 Å². The van der Waals surface area contributed by atoms with Gasteiger partial charge >= 0.3 is 0 Å². The topological polar surface area (TPSA) is 12.9 Å². The number of hydrogen-bond acceptors (Lipinski definition) is 2. The summed E-state index contributed by atoms with van der Waals surface area (Å²) in [6, 6.07) is 12.8. The average Bonchev–Trinajstić information content (AvgIpc) is 2.84. The van der Waals surface area contributed by atoms with Gasteiger partial charge in [0.2, 0.25) is 0 Å². The van der Waals surface area contributed by atoms with Gasteiger partial charge in [-0.1, -0.05) is 40.2 Å². The van der Waals surface area contributed by atoms with Crippen molar-refractivity contribution >= 4 is 27.3 Å². The summed E-state index contributed by atoms with van der Waals surface area (Å²) in [6.07, 6.45) is 0. The summed E-state index contributed by atoms with van der Waals surface area (Å²) >= 11 is 5.16. The van der Waals surface area contributed by atoms with Gasteiger partial charge in [-0.25, -0.2) is 9.37 Å². The van der Waals surface area contributed by atoms with Crippen LogP contribution in [0.1, 0.15) is 10.4 Å². The monoisotopic (exact) mass is 361 g/mol. The van der Waals surface area contributed by atoms with Crippen LogP contribution in [-0.4, -0.2) is 4.98 Å². The number of benzene rings is 2. The van der Waals surface area contributed by atoms with Gasteiger partial charge in [-0.05, 0) is 37.6 Å². The molecule has 0 N–H and O–H groups in total. The SMILES string of the molecule is Cc1ccc(F)cc1-c1nc(-c2ccccc2Br)c(C)s1. The molecule has 4 heteroatoms. The van der Waals surface area contributed by atoms with Gasteiger partial charge in [-0.15, -0.1) is 11.3 Å². The minimum atomic E-state index is -0.231. The van der Waals surface area contributed by atoms with E-state index in [9.17, 15) is 4.39 Å². The van der Waals surface area contributed by atoms with E-state index in [2.05, 4.69) is 15.9 Å². The minimum Gasteiger partial charge on any atom is -0.236 e. The van der Waals surface area contributed by atoms with Crippen LogP contribution in [0.3, 0.4) is 0 Å². The molecule has 0 saturated carbocycles. The number of thiazole rings is 1. The molecule has 0 bridgehead atoms. The van der Waals surface area contributed by atoms with Crippen LogP contribution in [0.2, 0.25) is 0 Å². The fourth-order valence-corrected chi connectivity index (χ4v) is 3.72. The zero-order valence-electron chi connectivity index (χ0n) is 11.7. The normalized spacial score (nSPS) is 10.9. The van der Waals surface area contributed by atoms with Gasteiger partial charge in [0.1, 0.15) is 10.8 Å². The Hall–Kier alpha value is -1.52. The second-order valence-corrected chi connectivity index (χ2v) is 6.92. The molecular weight excluding hydrogens is 349 g/mol. The maximum absolute atomic E-state index is 13.5. The largest absolute Gasteiger partial charge is 0.236 e. The highest BCUT2D eigenvalue weighted by Crippen LogP contribution is 2.37. The lowest BCUT2D eigenvalue weighted by atomic mass is 10.1. The zero-order chi connectivity index (χ0) is 15.0. The van der Waals surface area contributed by atoms with Gasteiger partial charge in [0.05, 0.1) is 5.69 Å². The first-order valence-corrected chi connectivity index (χ1v) is 8.16. The smallest absolute Gasteiger partial charge is 0.124 e. The maximum Gasteiger partial charge on any atom is 0.124 e. The van der Waals surface area contributed by atoms with Gasteiger partial charge in [0, 0.05) is 20.5 Å². The third-order valence-corrected chi connectivity index (χ3v) is 5.05. The highest BCUT2D eigenvalue weighted by molar-refractivity contribution is 9.10. The zero-order valence-corrected chi connectivity index (χ0v) is 14.1. The molecule has 0 fully saturated rings. The Morgan fingerprint density at radius 3 is 2.57 bits per heavy atom. The quantitative estimate of drug-likeness (QED) is 0.545. The first kappa shape index (κ1) is 14.4. The number of halogens is 2. The van der Waals surface area contributed by atoms with E-state index in [-0.39, 0.29) is 5.82 Å². The van der Waals surface area contributed by atoms with Gasteiger partial charge < -0.3 is 0 Å². The van der Waals surface area contributed by atoms with Crippen LogP contribution < -0.4 is 0 Å². The van der Waals surface area contributed by atoms with Gasteiger partial charge in [0.15, 0.2) is 0 Å². The summed E-state index contributed by atoms with van der Waals surface area (Å²) in [5.41, 5.74) is 3.91. The lowest BCUT2D eigenvalue weighted by molar-refractivity contribution is 0.628. The van der Waals surface area contributed by atoms with Crippen LogP contribution >= 0.6 is 27.3 Å². The molecule has 0 spiro atoms. The van der Waals surface area contributed by atoms with Crippen molar-refractivity contribution in [3.05, 3.63) is 63.2 Å². The van der Waals surface area contributed by atoms with Crippen molar-refractivity contribution in [2.24, 2.45) is 0 Å². The Morgan fingerprint density at radius 2 is 1.81 bits per heavy atom. The van der Waals surface area contributed by atoms with E-state index in [1.165, 1.54) is 6.07 Å². The Balaban J connectivity index is 2.14. The summed E-state index contributed by atoms with van der Waals surface area (Å²) in [5, 5.41) is 0.857. The van der Waals surface area contributed by atoms with Crippen LogP contribution in [0, 0.1) is 19.7 Å². The summed E-state index contributed by atoms with van der Waals surface area (Å²) < 4.78 is 14.5. The van der Waals surface area contributed by atoms with Gasteiger partial charge in [-0.2, -0.15) is 0 Å². The van der Waals surface area contributed by atoms with E-state index in [1.54, 1.807) is 23.5 Å². The van der Waals surface area contributed by atoms with Crippen LogP contribution in [0.4, 0.5) is 4.39 Å². The van der Waals surface area contributed by atoms with Crippen molar-refractivity contribution in [3.8, 4) is 21.8 Å². The third kappa shape index (κ3) is 2.78. The van der Waals surface area contributed by atoms with Crippen molar-refractivity contribution < 1.29 is 4.39 Å². The summed E-state index contributed by atoms with van der Waals surface area (Å²) in [7, 11) is 0. The summed E-state index contributed by atoms with van der Waals surface area (Å²) in [4.78, 5) is 5.86. The molecule has 2 aromatic carbocycles. The van der Waals surface area contributed by atoms with Crippen molar-refractivity contribution in [1.82, 2.24) is 4.98 Å². The first-order chi connectivity index (χ1) is 10.1. The molecule has 1 nitrogen and oxygen atoms in total. The molecule has 1 heterocycles. The fourth-order valence-electron chi connectivity index (χ4n) is 2.24. The highest BCUT2D eigenvalue weighted by atomic mass is 79.9. The molecule has 21 heavy (non-hydrogen) atoms. The van der Waals surface area contributed by atoms with Gasteiger partial charge in [-0.3, -0.25) is 0 Å². The van der Waals surface area contributed by atoms with Crippen molar-refractivity contribution in [3.63, 3.8) is 0 Å². The summed E-state index contributed by atoms with van der Waals surface area (Å²) in [6.45, 7) is 4.02. The average molecular weight is 362 g/mol. The molecule has 1 aromatic heterocycles. The number of nitrogens with zero attached hydrogens (tertiary/aromatic N) is 1. The predicted molar refractivity (Wildman–Crippen MR) is 90.1 cm³/mol. The number of aromatic nitrogens is 1. The molecule has 0 aliphatic rings. The molecule has 0 saturated heterocycles. The fraction of sp³-hybridized carbons (Fsp3) is 0.118. The Kier molecular flexibility index (Phi) is 3.91. The molecule has 3 rings (SSSR count). The van der Waals surface area contributed by atoms with Crippen LogP contribution in [0.25, 0.3) is 21.8 Å². The first-order valence-electron chi connectivity index (χ1n) is 6.55. The Labute approximate surface area is 135 Å². The second kappa shape index (κ2) is 5.70. The third-order valence-electron chi connectivity index (χ3n) is 3.36. The predicted octanol–water partition coefficient (Wildman–Crippen LogP) is 6.00. The molecule has 0 aliphatic carbocycles. The standard InChI is InChI=1S/C17H13BrFNS/c1-10-7-8-12(19)9-14(10)17-20-16(11(2)21-17)13-5-3-4-6-15(13)18/h3-9H,1-2H3. The molecule has 0 atom stereocenters. The van der Waals surface area contributed by atoms with Gasteiger partial charge in [0.25, 0.3) is 0 Å². The van der Waals surface area contributed by atoms with Crippen molar-refractivity contribution in [2.75, 3.05) is 0 Å². The van der Waals surface area contributed by atoms with Crippen molar-refractivity contribution in [2.45, 2.75) is 13.8 Å². The molecular formula is C17H13BrFNS. The summed E-state index contributed by atoms with van der Waals surface area (Å²) in [5.74, 6) is -0.231. The van der Waals surface area contributed by atoms with Crippen LogP contribution in [0.15, 0.2) is 46.9 Å². The minimum absolute atomic E-state index is 0.231. The second-order valence-electron chi connectivity index (χ2n) is 4.86. The van der Waals surface area contributed by atoms with E-state index in [4.69, 9.17) is 4.98 Å².